The topological polar surface area (TPSA) is 28.1 Å². The fourth-order valence-electron chi connectivity index (χ4n) is 2.58. The van der Waals surface area contributed by atoms with Gasteiger partial charge >= 0.3 is 0 Å². The van der Waals surface area contributed by atoms with Crippen LogP contribution in [0.2, 0.25) is 0 Å². The van der Waals surface area contributed by atoms with E-state index in [0.29, 0.717) is 0 Å². The van der Waals surface area contributed by atoms with Gasteiger partial charge in [-0.15, -0.1) is 11.8 Å². The maximum atomic E-state index is 13.3. The van der Waals surface area contributed by atoms with E-state index in [1.807, 2.05) is 24.3 Å². The third-order valence-corrected chi connectivity index (χ3v) is 4.73. The van der Waals surface area contributed by atoms with Crippen molar-refractivity contribution in [3.05, 3.63) is 71.7 Å². The molecule has 0 fully saturated rings. The first kappa shape index (κ1) is 12.7. The zero-order valence-electron chi connectivity index (χ0n) is 11.2. The first-order valence-corrected chi connectivity index (χ1v) is 7.82. The van der Waals surface area contributed by atoms with Crippen LogP contribution in [-0.4, -0.2) is 15.8 Å². The molecule has 2 aromatic carbocycles. The van der Waals surface area contributed by atoms with Crippen molar-refractivity contribution in [3.63, 3.8) is 0 Å². The first-order valence-electron chi connectivity index (χ1n) is 6.84. The van der Waals surface area contributed by atoms with Crippen LogP contribution in [-0.2, 0) is 0 Å². The van der Waals surface area contributed by atoms with Gasteiger partial charge in [-0.25, -0.2) is 4.39 Å². The summed E-state index contributed by atoms with van der Waals surface area (Å²) in [5, 5.41) is 2.01. The number of nitrogens with one attached hydrogen (secondary N) is 1. The highest BCUT2D eigenvalue weighted by Gasteiger charge is 2.21. The van der Waals surface area contributed by atoms with Crippen LogP contribution in [0.25, 0.3) is 10.9 Å². The van der Waals surface area contributed by atoms with Crippen LogP contribution < -0.4 is 0 Å². The molecule has 0 spiro atoms. The van der Waals surface area contributed by atoms with E-state index in [1.165, 1.54) is 17.7 Å². The number of halogens is 1. The summed E-state index contributed by atoms with van der Waals surface area (Å²) in [6.45, 7) is 0. The maximum absolute atomic E-state index is 13.3. The van der Waals surface area contributed by atoms with E-state index < -0.39 is 0 Å². The van der Waals surface area contributed by atoms with Crippen LogP contribution in [0.5, 0.6) is 0 Å². The van der Waals surface area contributed by atoms with Gasteiger partial charge in [-0.1, -0.05) is 30.3 Å². The van der Waals surface area contributed by atoms with E-state index in [1.54, 1.807) is 17.8 Å². The number of H-pyrrole nitrogens is 1. The minimum absolute atomic E-state index is 0.203. The Morgan fingerprint density at radius 1 is 1.10 bits per heavy atom. The summed E-state index contributed by atoms with van der Waals surface area (Å²) in [7, 11) is 0. The molecule has 4 heteroatoms. The van der Waals surface area contributed by atoms with Gasteiger partial charge in [-0.3, -0.25) is 4.99 Å². The van der Waals surface area contributed by atoms with Gasteiger partial charge in [0.25, 0.3) is 0 Å². The van der Waals surface area contributed by atoms with Crippen molar-refractivity contribution < 1.29 is 4.39 Å². The molecule has 0 amide bonds. The van der Waals surface area contributed by atoms with E-state index in [4.69, 9.17) is 4.99 Å². The van der Waals surface area contributed by atoms with Crippen molar-refractivity contribution in [2.24, 2.45) is 4.99 Å². The van der Waals surface area contributed by atoms with Gasteiger partial charge in [0.2, 0.25) is 0 Å². The number of thioether (sulfide) groups is 1. The standard InChI is InChI=1S/C17H13FN2S/c18-13-7-6-12-8-15(19-14(12)9-13)17-20-16(10-21-17)11-4-2-1-3-5-11/h1-9,16,19H,10H2. The Morgan fingerprint density at radius 3 is 2.81 bits per heavy atom. The van der Waals surface area contributed by atoms with Gasteiger partial charge in [0.15, 0.2) is 0 Å². The van der Waals surface area contributed by atoms with Crippen molar-refractivity contribution in [3.8, 4) is 0 Å². The number of aliphatic imine (C=N–C) groups is 1. The summed E-state index contributed by atoms with van der Waals surface area (Å²) >= 11 is 1.74. The molecule has 0 saturated heterocycles. The van der Waals surface area contributed by atoms with E-state index in [9.17, 15) is 4.39 Å². The summed E-state index contributed by atoms with van der Waals surface area (Å²) in [4.78, 5) is 8.06. The number of fused-ring (bicyclic) bond motifs is 1. The second-order valence-corrected chi connectivity index (χ2v) is 6.10. The Kier molecular flexibility index (Phi) is 3.04. The number of hydrogen-bond acceptors (Lipinski definition) is 2. The largest absolute Gasteiger partial charge is 0.353 e. The fourth-order valence-corrected chi connectivity index (χ4v) is 3.63. The fraction of sp³-hybridized carbons (Fsp3) is 0.118. The first-order chi connectivity index (χ1) is 10.3. The lowest BCUT2D eigenvalue weighted by Crippen LogP contribution is -1.93. The predicted octanol–water partition coefficient (Wildman–Crippen LogP) is 4.54. The van der Waals surface area contributed by atoms with Gasteiger partial charge in [0, 0.05) is 16.7 Å². The van der Waals surface area contributed by atoms with Crippen LogP contribution in [0.1, 0.15) is 17.3 Å². The Morgan fingerprint density at radius 2 is 1.95 bits per heavy atom. The number of benzene rings is 2. The molecular formula is C17H13FN2S. The lowest BCUT2D eigenvalue weighted by Gasteiger charge is -2.04. The number of aromatic amines is 1. The highest BCUT2D eigenvalue weighted by molar-refractivity contribution is 8.14. The number of hydrogen-bond donors (Lipinski definition) is 1. The van der Waals surface area contributed by atoms with Gasteiger partial charge in [0.05, 0.1) is 11.7 Å². The number of rotatable bonds is 2. The lowest BCUT2D eigenvalue weighted by atomic mass is 10.1. The number of nitrogens with zero attached hydrogens (tertiary/aromatic N) is 1. The summed E-state index contributed by atoms with van der Waals surface area (Å²) < 4.78 is 13.3. The second-order valence-electron chi connectivity index (χ2n) is 5.09. The Hall–Kier alpha value is -2.07. The highest BCUT2D eigenvalue weighted by Crippen LogP contribution is 2.33. The molecule has 1 atom stereocenters. The molecule has 4 rings (SSSR count). The van der Waals surface area contributed by atoms with Crippen LogP contribution >= 0.6 is 11.8 Å². The molecule has 1 unspecified atom stereocenters. The Bertz CT molecular complexity index is 823. The summed E-state index contributed by atoms with van der Waals surface area (Å²) in [5.41, 5.74) is 3.03. The second kappa shape index (κ2) is 5.04. The molecule has 0 bridgehead atoms. The van der Waals surface area contributed by atoms with E-state index in [0.717, 1.165) is 27.4 Å². The quantitative estimate of drug-likeness (QED) is 0.738. The zero-order valence-corrected chi connectivity index (χ0v) is 12.0. The average Bonchev–Trinajstić information content (AvgIpc) is 3.14. The average molecular weight is 296 g/mol. The molecule has 1 aromatic heterocycles. The molecular weight excluding hydrogens is 283 g/mol. The molecule has 1 aliphatic rings. The van der Waals surface area contributed by atoms with Crippen molar-refractivity contribution in [2.75, 3.05) is 5.75 Å². The predicted molar refractivity (Wildman–Crippen MR) is 86.4 cm³/mol. The molecule has 0 saturated carbocycles. The third kappa shape index (κ3) is 2.36. The van der Waals surface area contributed by atoms with Crippen molar-refractivity contribution in [1.29, 1.82) is 0 Å². The third-order valence-electron chi connectivity index (χ3n) is 3.65. The minimum atomic E-state index is -0.223. The highest BCUT2D eigenvalue weighted by atomic mass is 32.2. The molecule has 3 aromatic rings. The van der Waals surface area contributed by atoms with Gasteiger partial charge < -0.3 is 4.98 Å². The van der Waals surface area contributed by atoms with Gasteiger partial charge in [0.1, 0.15) is 10.9 Å². The van der Waals surface area contributed by atoms with Crippen LogP contribution in [0, 0.1) is 5.82 Å². The van der Waals surface area contributed by atoms with Crippen molar-refractivity contribution in [1.82, 2.24) is 4.98 Å². The molecule has 104 valence electrons. The summed E-state index contributed by atoms with van der Waals surface area (Å²) in [5.74, 6) is 0.724. The van der Waals surface area contributed by atoms with Crippen LogP contribution in [0.4, 0.5) is 4.39 Å². The molecule has 1 N–H and O–H groups in total. The maximum Gasteiger partial charge on any atom is 0.125 e. The molecule has 21 heavy (non-hydrogen) atoms. The van der Waals surface area contributed by atoms with Crippen LogP contribution in [0.15, 0.2) is 59.6 Å². The monoisotopic (exact) mass is 296 g/mol. The van der Waals surface area contributed by atoms with E-state index >= 15 is 0 Å². The van der Waals surface area contributed by atoms with Crippen molar-refractivity contribution in [2.45, 2.75) is 6.04 Å². The normalized spacial score (nSPS) is 18.1. The van der Waals surface area contributed by atoms with E-state index in [-0.39, 0.29) is 11.9 Å². The lowest BCUT2D eigenvalue weighted by molar-refractivity contribution is 0.629. The molecule has 0 aliphatic carbocycles. The molecule has 1 aliphatic heterocycles. The number of aromatic nitrogens is 1. The minimum Gasteiger partial charge on any atom is -0.353 e. The Balaban J connectivity index is 1.69. The summed E-state index contributed by atoms with van der Waals surface area (Å²) in [6.07, 6.45) is 0. The molecule has 2 nitrogen and oxygen atoms in total. The Labute approximate surface area is 126 Å². The molecule has 2 heterocycles. The SMILES string of the molecule is Fc1ccc2cc(C3=NC(c4ccccc4)CS3)[nH]c2c1. The smallest absolute Gasteiger partial charge is 0.125 e. The van der Waals surface area contributed by atoms with E-state index in [2.05, 4.69) is 17.1 Å². The van der Waals surface area contributed by atoms with Crippen molar-refractivity contribution >= 4 is 27.7 Å². The zero-order chi connectivity index (χ0) is 14.2. The summed E-state index contributed by atoms with van der Waals surface area (Å²) in [6, 6.07) is 17.4. The van der Waals surface area contributed by atoms with Gasteiger partial charge in [-0.2, -0.15) is 0 Å². The van der Waals surface area contributed by atoms with Gasteiger partial charge in [-0.05, 0) is 29.8 Å². The molecule has 0 radical (unpaired) electrons. The van der Waals surface area contributed by atoms with Crippen LogP contribution in [0.3, 0.4) is 0 Å².